The van der Waals surface area contributed by atoms with Crippen LogP contribution in [0.3, 0.4) is 0 Å². The van der Waals surface area contributed by atoms with Gasteiger partial charge in [0.15, 0.2) is 5.13 Å². The number of nitrogens with one attached hydrogen (secondary N) is 1. The van der Waals surface area contributed by atoms with Crippen molar-refractivity contribution in [1.29, 1.82) is 5.26 Å². The molecule has 0 spiro atoms. The first-order valence-corrected chi connectivity index (χ1v) is 6.38. The van der Waals surface area contributed by atoms with Gasteiger partial charge in [-0.3, -0.25) is 0 Å². The summed E-state index contributed by atoms with van der Waals surface area (Å²) in [5.41, 5.74) is 0. The second kappa shape index (κ2) is 4.96. The Balaban J connectivity index is 1.78. The number of hydrogen-bond donors (Lipinski definition) is 1. The molecule has 17 heavy (non-hydrogen) atoms. The molecular formula is C11H13F2N3S. The van der Waals surface area contributed by atoms with Crippen molar-refractivity contribution in [2.24, 2.45) is 5.92 Å². The zero-order valence-electron chi connectivity index (χ0n) is 9.25. The van der Waals surface area contributed by atoms with Crippen LogP contribution in [-0.4, -0.2) is 17.5 Å². The second-order valence-electron chi connectivity index (χ2n) is 4.32. The first-order chi connectivity index (χ1) is 8.09. The zero-order valence-corrected chi connectivity index (χ0v) is 10.1. The van der Waals surface area contributed by atoms with Gasteiger partial charge in [-0.15, -0.1) is 0 Å². The van der Waals surface area contributed by atoms with Crippen molar-refractivity contribution in [3.8, 4) is 6.07 Å². The molecule has 2 rings (SSSR count). The number of nitrogens with zero attached hydrogens (tertiary/aromatic N) is 2. The molecule has 1 fully saturated rings. The Bertz CT molecular complexity index is 415. The quantitative estimate of drug-likeness (QED) is 0.904. The van der Waals surface area contributed by atoms with E-state index in [4.69, 9.17) is 5.26 Å². The second-order valence-corrected chi connectivity index (χ2v) is 5.35. The predicted octanol–water partition coefficient (Wildman–Crippen LogP) is 3.25. The average Bonchev–Trinajstić information content (AvgIpc) is 2.75. The highest BCUT2D eigenvalue weighted by Crippen LogP contribution is 2.36. The van der Waals surface area contributed by atoms with Gasteiger partial charge in [-0.25, -0.2) is 13.8 Å². The molecule has 1 aromatic rings. The minimum absolute atomic E-state index is 0.0132. The minimum atomic E-state index is -2.47. The highest BCUT2D eigenvalue weighted by Gasteiger charge is 2.34. The Morgan fingerprint density at radius 2 is 2.24 bits per heavy atom. The largest absolute Gasteiger partial charge is 0.361 e. The average molecular weight is 257 g/mol. The van der Waals surface area contributed by atoms with Crippen molar-refractivity contribution >= 4 is 16.5 Å². The van der Waals surface area contributed by atoms with Crippen LogP contribution in [0.25, 0.3) is 0 Å². The first kappa shape index (κ1) is 12.2. The van der Waals surface area contributed by atoms with E-state index in [0.717, 1.165) is 0 Å². The van der Waals surface area contributed by atoms with Crippen LogP contribution in [0.1, 0.15) is 30.6 Å². The smallest absolute Gasteiger partial charge is 0.248 e. The molecule has 0 atom stereocenters. The molecular weight excluding hydrogens is 244 g/mol. The fraction of sp³-hybridized carbons (Fsp3) is 0.636. The Hall–Kier alpha value is -1.22. The Kier molecular flexibility index (Phi) is 3.57. The van der Waals surface area contributed by atoms with Crippen LogP contribution in [0, 0.1) is 17.2 Å². The van der Waals surface area contributed by atoms with Crippen LogP contribution in [-0.2, 0) is 0 Å². The SMILES string of the molecule is N#Cc1cnc(NCC2CCC(F)(F)CC2)s1. The molecule has 0 saturated heterocycles. The monoisotopic (exact) mass is 257 g/mol. The van der Waals surface area contributed by atoms with Crippen LogP contribution >= 0.6 is 11.3 Å². The third-order valence-electron chi connectivity index (χ3n) is 2.99. The topological polar surface area (TPSA) is 48.7 Å². The van der Waals surface area contributed by atoms with Crippen LogP contribution in [0.4, 0.5) is 13.9 Å². The number of rotatable bonds is 3. The third kappa shape index (κ3) is 3.37. The Labute approximate surface area is 102 Å². The molecule has 0 amide bonds. The van der Waals surface area contributed by atoms with Gasteiger partial charge in [0.25, 0.3) is 0 Å². The first-order valence-electron chi connectivity index (χ1n) is 5.57. The maximum Gasteiger partial charge on any atom is 0.248 e. The summed E-state index contributed by atoms with van der Waals surface area (Å²) in [5, 5.41) is 12.4. The molecule has 1 aliphatic rings. The molecule has 3 nitrogen and oxygen atoms in total. The fourth-order valence-corrected chi connectivity index (χ4v) is 2.56. The molecule has 1 heterocycles. The van der Waals surface area contributed by atoms with Gasteiger partial charge in [-0.2, -0.15) is 5.26 Å². The van der Waals surface area contributed by atoms with Crippen LogP contribution in [0.2, 0.25) is 0 Å². The number of alkyl halides is 2. The fourth-order valence-electron chi connectivity index (χ4n) is 1.94. The summed E-state index contributed by atoms with van der Waals surface area (Å²) in [7, 11) is 0. The van der Waals surface area contributed by atoms with Gasteiger partial charge in [0.1, 0.15) is 10.9 Å². The molecule has 0 aromatic carbocycles. The van der Waals surface area contributed by atoms with E-state index in [1.54, 1.807) is 0 Å². The standard InChI is InChI=1S/C11H13F2N3S/c12-11(13)3-1-8(2-4-11)6-15-10-16-7-9(5-14)17-10/h7-8H,1-4,6H2,(H,15,16). The van der Waals surface area contributed by atoms with Gasteiger partial charge in [-0.05, 0) is 18.8 Å². The van der Waals surface area contributed by atoms with Gasteiger partial charge in [-0.1, -0.05) is 11.3 Å². The molecule has 0 radical (unpaired) electrons. The molecule has 1 aromatic heterocycles. The molecule has 0 aliphatic heterocycles. The lowest BCUT2D eigenvalue weighted by atomic mass is 9.87. The van der Waals surface area contributed by atoms with Gasteiger partial charge < -0.3 is 5.32 Å². The van der Waals surface area contributed by atoms with Gasteiger partial charge in [0.2, 0.25) is 5.92 Å². The van der Waals surface area contributed by atoms with Crippen molar-refractivity contribution < 1.29 is 8.78 Å². The lowest BCUT2D eigenvalue weighted by molar-refractivity contribution is -0.0443. The lowest BCUT2D eigenvalue weighted by Crippen LogP contribution is -2.28. The number of thiazole rings is 1. The summed E-state index contributed by atoms with van der Waals surface area (Å²) < 4.78 is 25.8. The normalized spacial score (nSPS) is 19.8. The molecule has 92 valence electrons. The van der Waals surface area contributed by atoms with Crippen molar-refractivity contribution in [2.45, 2.75) is 31.6 Å². The predicted molar refractivity (Wildman–Crippen MR) is 62.2 cm³/mol. The van der Waals surface area contributed by atoms with E-state index in [2.05, 4.69) is 10.3 Å². The van der Waals surface area contributed by atoms with Crippen LogP contribution < -0.4 is 5.32 Å². The van der Waals surface area contributed by atoms with E-state index >= 15 is 0 Å². The lowest BCUT2D eigenvalue weighted by Gasteiger charge is -2.28. The van der Waals surface area contributed by atoms with Gasteiger partial charge in [0.05, 0.1) is 6.20 Å². The highest BCUT2D eigenvalue weighted by molar-refractivity contribution is 7.16. The van der Waals surface area contributed by atoms with E-state index in [-0.39, 0.29) is 18.8 Å². The summed E-state index contributed by atoms with van der Waals surface area (Å²) in [4.78, 5) is 4.59. The van der Waals surface area contributed by atoms with E-state index < -0.39 is 5.92 Å². The third-order valence-corrected chi connectivity index (χ3v) is 3.85. The van der Waals surface area contributed by atoms with Crippen molar-refractivity contribution in [3.05, 3.63) is 11.1 Å². The van der Waals surface area contributed by atoms with E-state index in [0.29, 0.717) is 29.4 Å². The minimum Gasteiger partial charge on any atom is -0.361 e. The summed E-state index contributed by atoms with van der Waals surface area (Å²) in [5.74, 6) is -2.19. The maximum atomic E-state index is 12.9. The number of aromatic nitrogens is 1. The molecule has 1 saturated carbocycles. The summed E-state index contributed by atoms with van der Waals surface area (Å²) in [6.07, 6.45) is 2.59. The molecule has 0 unspecified atom stereocenters. The highest BCUT2D eigenvalue weighted by atomic mass is 32.1. The maximum absolute atomic E-state index is 12.9. The Morgan fingerprint density at radius 3 is 2.82 bits per heavy atom. The Morgan fingerprint density at radius 1 is 1.53 bits per heavy atom. The summed E-state index contributed by atoms with van der Waals surface area (Å²) in [6, 6.07) is 2.01. The van der Waals surface area contributed by atoms with Crippen molar-refractivity contribution in [2.75, 3.05) is 11.9 Å². The van der Waals surface area contributed by atoms with Gasteiger partial charge in [0, 0.05) is 19.4 Å². The van der Waals surface area contributed by atoms with E-state index in [1.807, 2.05) is 6.07 Å². The number of hydrogen-bond acceptors (Lipinski definition) is 4. The van der Waals surface area contributed by atoms with Crippen LogP contribution in [0.5, 0.6) is 0 Å². The summed E-state index contributed by atoms with van der Waals surface area (Å²) in [6.45, 7) is 0.661. The van der Waals surface area contributed by atoms with Gasteiger partial charge >= 0.3 is 0 Å². The zero-order chi connectivity index (χ0) is 12.3. The number of halogens is 2. The van der Waals surface area contributed by atoms with Crippen molar-refractivity contribution in [3.63, 3.8) is 0 Å². The molecule has 1 N–H and O–H groups in total. The van der Waals surface area contributed by atoms with E-state index in [1.165, 1.54) is 17.5 Å². The molecule has 0 bridgehead atoms. The number of anilines is 1. The molecule has 1 aliphatic carbocycles. The number of nitriles is 1. The van der Waals surface area contributed by atoms with E-state index in [9.17, 15) is 8.78 Å². The van der Waals surface area contributed by atoms with Crippen LogP contribution in [0.15, 0.2) is 6.20 Å². The summed E-state index contributed by atoms with van der Waals surface area (Å²) >= 11 is 1.29. The van der Waals surface area contributed by atoms with Crippen molar-refractivity contribution in [1.82, 2.24) is 4.98 Å². The molecule has 6 heteroatoms.